The van der Waals surface area contributed by atoms with Crippen molar-refractivity contribution in [2.75, 3.05) is 18.9 Å². The maximum atomic E-state index is 10.6. The molecule has 5 N–H and O–H groups in total. The van der Waals surface area contributed by atoms with Crippen LogP contribution in [0.2, 0.25) is 0 Å². The molecule has 1 aliphatic rings. The third-order valence-corrected chi connectivity index (χ3v) is 4.79. The summed E-state index contributed by atoms with van der Waals surface area (Å²) in [5.41, 5.74) is 12.5. The first-order chi connectivity index (χ1) is 12.7. The molecule has 4 atom stereocenters. The SMILES string of the molecule is CC[C@H]1O[C@@H](n2cnc3c(N)ncnc32)[C@@H](OCCCCCCN)C1O. The minimum atomic E-state index is -0.703. The van der Waals surface area contributed by atoms with Gasteiger partial charge in [0.25, 0.3) is 0 Å². The molecular weight excluding hydrogens is 336 g/mol. The van der Waals surface area contributed by atoms with Crippen LogP contribution in [0.1, 0.15) is 45.3 Å². The molecule has 0 aliphatic carbocycles. The van der Waals surface area contributed by atoms with Gasteiger partial charge in [-0.05, 0) is 25.8 Å². The number of anilines is 1. The topological polar surface area (TPSA) is 134 Å². The molecule has 2 aromatic rings. The maximum Gasteiger partial charge on any atom is 0.167 e. The van der Waals surface area contributed by atoms with E-state index in [1.165, 1.54) is 6.33 Å². The van der Waals surface area contributed by atoms with Gasteiger partial charge in [-0.2, -0.15) is 0 Å². The van der Waals surface area contributed by atoms with Crippen LogP contribution in [0.5, 0.6) is 0 Å². The van der Waals surface area contributed by atoms with Crippen LogP contribution in [0.15, 0.2) is 12.7 Å². The summed E-state index contributed by atoms with van der Waals surface area (Å²) in [6.07, 6.45) is 5.82. The smallest absolute Gasteiger partial charge is 0.167 e. The quantitative estimate of drug-likeness (QED) is 0.561. The molecule has 2 aromatic heterocycles. The number of fused-ring (bicyclic) bond motifs is 1. The first-order valence-corrected chi connectivity index (χ1v) is 9.25. The molecule has 0 bridgehead atoms. The number of hydrogen-bond acceptors (Lipinski definition) is 8. The fourth-order valence-electron chi connectivity index (χ4n) is 3.34. The third-order valence-electron chi connectivity index (χ3n) is 4.79. The maximum absolute atomic E-state index is 10.6. The zero-order valence-corrected chi connectivity index (χ0v) is 15.1. The molecule has 0 amide bonds. The second-order valence-electron chi connectivity index (χ2n) is 6.59. The first kappa shape index (κ1) is 19.0. The number of ether oxygens (including phenoxy) is 2. The zero-order chi connectivity index (χ0) is 18.5. The molecule has 1 aliphatic heterocycles. The largest absolute Gasteiger partial charge is 0.388 e. The van der Waals surface area contributed by atoms with Gasteiger partial charge in [-0.1, -0.05) is 19.8 Å². The standard InChI is InChI=1S/C17H28N6O3/c1-2-11-13(24)14(25-8-6-4-3-5-7-18)17(26-11)23-10-22-12-15(19)20-9-21-16(12)23/h9-11,13-14,17,24H,2-8,18H2,1H3,(H2,19,20,21)/t11-,13?,14+,17-/m1/s1. The van der Waals surface area contributed by atoms with Gasteiger partial charge in [0.1, 0.15) is 24.1 Å². The monoisotopic (exact) mass is 364 g/mol. The van der Waals surface area contributed by atoms with Gasteiger partial charge in [0, 0.05) is 6.61 Å². The lowest BCUT2D eigenvalue weighted by Gasteiger charge is -2.22. The van der Waals surface area contributed by atoms with E-state index >= 15 is 0 Å². The van der Waals surface area contributed by atoms with Crippen LogP contribution in [-0.4, -0.2) is 56.1 Å². The fraction of sp³-hybridized carbons (Fsp3) is 0.706. The molecule has 3 heterocycles. The number of imidazole rings is 1. The third kappa shape index (κ3) is 3.80. The van der Waals surface area contributed by atoms with E-state index in [1.54, 1.807) is 10.9 Å². The minimum Gasteiger partial charge on any atom is -0.388 e. The summed E-state index contributed by atoms with van der Waals surface area (Å²) in [5.74, 6) is 0.316. The summed E-state index contributed by atoms with van der Waals surface area (Å²) in [7, 11) is 0. The summed E-state index contributed by atoms with van der Waals surface area (Å²) in [5, 5.41) is 10.6. The highest BCUT2D eigenvalue weighted by Gasteiger charge is 2.45. The molecule has 3 rings (SSSR count). The molecule has 9 heteroatoms. The molecule has 0 aromatic carbocycles. The summed E-state index contributed by atoms with van der Waals surface area (Å²) < 4.78 is 13.8. The molecule has 0 spiro atoms. The van der Waals surface area contributed by atoms with Crippen LogP contribution in [-0.2, 0) is 9.47 Å². The van der Waals surface area contributed by atoms with Crippen LogP contribution < -0.4 is 11.5 Å². The Morgan fingerprint density at radius 3 is 2.81 bits per heavy atom. The number of aromatic nitrogens is 4. The van der Waals surface area contributed by atoms with E-state index in [4.69, 9.17) is 20.9 Å². The van der Waals surface area contributed by atoms with Crippen LogP contribution in [0, 0.1) is 0 Å². The van der Waals surface area contributed by atoms with Gasteiger partial charge >= 0.3 is 0 Å². The predicted octanol–water partition coefficient (Wildman–Crippen LogP) is 0.981. The molecule has 0 saturated carbocycles. The van der Waals surface area contributed by atoms with Crippen molar-refractivity contribution in [2.24, 2.45) is 5.73 Å². The lowest BCUT2D eigenvalue weighted by molar-refractivity contribution is -0.0677. The number of nitrogens with two attached hydrogens (primary N) is 2. The van der Waals surface area contributed by atoms with Gasteiger partial charge in [-0.3, -0.25) is 4.57 Å². The summed E-state index contributed by atoms with van der Waals surface area (Å²) in [6, 6.07) is 0. The Labute approximate surface area is 152 Å². The number of nitrogen functional groups attached to an aromatic ring is 1. The number of aliphatic hydroxyl groups is 1. The molecule has 1 fully saturated rings. The highest BCUT2D eigenvalue weighted by molar-refractivity contribution is 5.81. The van der Waals surface area contributed by atoms with Gasteiger partial charge in [-0.25, -0.2) is 15.0 Å². The first-order valence-electron chi connectivity index (χ1n) is 9.25. The minimum absolute atomic E-state index is 0.293. The number of rotatable bonds is 9. The van der Waals surface area contributed by atoms with E-state index < -0.39 is 18.4 Å². The molecular formula is C17H28N6O3. The Kier molecular flexibility index (Phi) is 6.36. The molecule has 0 radical (unpaired) electrons. The van der Waals surface area contributed by atoms with Crippen molar-refractivity contribution < 1.29 is 14.6 Å². The lowest BCUT2D eigenvalue weighted by Crippen LogP contribution is -2.34. The van der Waals surface area contributed by atoms with Crippen molar-refractivity contribution in [2.45, 2.75) is 63.6 Å². The number of unbranched alkanes of at least 4 members (excludes halogenated alkanes) is 3. The Morgan fingerprint density at radius 1 is 1.23 bits per heavy atom. The number of hydrogen-bond donors (Lipinski definition) is 3. The second-order valence-corrected chi connectivity index (χ2v) is 6.59. The van der Waals surface area contributed by atoms with E-state index in [9.17, 15) is 5.11 Å². The summed E-state index contributed by atoms with van der Waals surface area (Å²) >= 11 is 0. The van der Waals surface area contributed by atoms with E-state index in [2.05, 4.69) is 15.0 Å². The van der Waals surface area contributed by atoms with Crippen molar-refractivity contribution in [3.63, 3.8) is 0 Å². The Hall–Kier alpha value is -1.81. The van der Waals surface area contributed by atoms with Crippen LogP contribution in [0.25, 0.3) is 11.2 Å². The lowest BCUT2D eigenvalue weighted by atomic mass is 10.1. The number of aliphatic hydroxyl groups excluding tert-OH is 1. The van der Waals surface area contributed by atoms with E-state index in [-0.39, 0.29) is 6.10 Å². The average Bonchev–Trinajstić information content (AvgIpc) is 3.20. The van der Waals surface area contributed by atoms with Crippen LogP contribution in [0.3, 0.4) is 0 Å². The highest BCUT2D eigenvalue weighted by Crippen LogP contribution is 2.35. The average molecular weight is 364 g/mol. The number of nitrogens with zero attached hydrogens (tertiary/aromatic N) is 4. The summed E-state index contributed by atoms with van der Waals surface area (Å²) in [4.78, 5) is 12.5. The fourth-order valence-corrected chi connectivity index (χ4v) is 3.34. The highest BCUT2D eigenvalue weighted by atomic mass is 16.6. The van der Waals surface area contributed by atoms with Crippen molar-refractivity contribution >= 4 is 17.0 Å². The predicted molar refractivity (Wildman–Crippen MR) is 97.2 cm³/mol. The summed E-state index contributed by atoms with van der Waals surface area (Å²) in [6.45, 7) is 3.26. The van der Waals surface area contributed by atoms with E-state index in [0.29, 0.717) is 30.0 Å². The molecule has 9 nitrogen and oxygen atoms in total. The zero-order valence-electron chi connectivity index (χ0n) is 15.1. The van der Waals surface area contributed by atoms with Crippen molar-refractivity contribution in [3.05, 3.63) is 12.7 Å². The van der Waals surface area contributed by atoms with Crippen molar-refractivity contribution in [3.8, 4) is 0 Å². The van der Waals surface area contributed by atoms with E-state index in [0.717, 1.165) is 32.2 Å². The van der Waals surface area contributed by atoms with Gasteiger partial charge < -0.3 is 26.0 Å². The Bertz CT molecular complexity index is 709. The normalized spacial score (nSPS) is 26.0. The molecule has 1 saturated heterocycles. The molecule has 26 heavy (non-hydrogen) atoms. The van der Waals surface area contributed by atoms with E-state index in [1.807, 2.05) is 6.92 Å². The van der Waals surface area contributed by atoms with Gasteiger partial charge in [-0.15, -0.1) is 0 Å². The van der Waals surface area contributed by atoms with Crippen molar-refractivity contribution in [1.82, 2.24) is 19.5 Å². The van der Waals surface area contributed by atoms with Crippen LogP contribution >= 0.6 is 0 Å². The van der Waals surface area contributed by atoms with Gasteiger partial charge in [0.05, 0.1) is 12.4 Å². The van der Waals surface area contributed by atoms with Gasteiger partial charge in [0.15, 0.2) is 17.7 Å². The Balaban J connectivity index is 1.73. The Morgan fingerprint density at radius 2 is 2.04 bits per heavy atom. The van der Waals surface area contributed by atoms with Crippen molar-refractivity contribution in [1.29, 1.82) is 0 Å². The molecule has 144 valence electrons. The van der Waals surface area contributed by atoms with Crippen LogP contribution in [0.4, 0.5) is 5.82 Å². The molecule has 1 unspecified atom stereocenters. The second kappa shape index (κ2) is 8.72. The van der Waals surface area contributed by atoms with Gasteiger partial charge in [0.2, 0.25) is 0 Å².